The van der Waals surface area contributed by atoms with E-state index in [1.807, 2.05) is 0 Å². The van der Waals surface area contributed by atoms with Gasteiger partial charge in [-0.25, -0.2) is 4.39 Å². The number of para-hydroxylation sites is 1. The fourth-order valence-electron chi connectivity index (χ4n) is 0.781. The predicted molar refractivity (Wildman–Crippen MR) is 51.5 cm³/mol. The van der Waals surface area contributed by atoms with Gasteiger partial charge < -0.3 is 5.73 Å². The smallest absolute Gasteiger partial charge is 0.147 e. The number of rotatable bonds is 0. The van der Waals surface area contributed by atoms with Gasteiger partial charge in [0.05, 0.1) is 17.0 Å². The van der Waals surface area contributed by atoms with Crippen LogP contribution >= 0.6 is 12.6 Å². The first-order chi connectivity index (χ1) is 5.75. The van der Waals surface area contributed by atoms with Crippen LogP contribution in [0.3, 0.4) is 0 Å². The van der Waals surface area contributed by atoms with Gasteiger partial charge in [0, 0.05) is 0 Å². The molecule has 62 valence electrons. The molecule has 0 aromatic heterocycles. The van der Waals surface area contributed by atoms with Crippen LogP contribution in [-0.4, -0.2) is 5.75 Å². The second kappa shape index (κ2) is 4.03. The van der Waals surface area contributed by atoms with Crippen molar-refractivity contribution < 1.29 is 4.39 Å². The molecule has 0 atom stereocenters. The summed E-state index contributed by atoms with van der Waals surface area (Å²) in [5.41, 5.74) is 6.04. The number of hydrogen-bond donors (Lipinski definition) is 2. The van der Waals surface area contributed by atoms with E-state index in [1.165, 1.54) is 6.07 Å². The van der Waals surface area contributed by atoms with Gasteiger partial charge in [-0.15, -0.1) is 0 Å². The molecule has 0 fully saturated rings. The molecule has 1 nitrogen and oxygen atoms in total. The van der Waals surface area contributed by atoms with E-state index in [4.69, 9.17) is 5.73 Å². The molecule has 0 unspecified atom stereocenters. The molecule has 1 rings (SSSR count). The highest BCUT2D eigenvalue weighted by atomic mass is 32.1. The lowest BCUT2D eigenvalue weighted by molar-refractivity contribution is 0.632. The highest BCUT2D eigenvalue weighted by Gasteiger charge is 1.99. The second-order valence-corrected chi connectivity index (χ2v) is 2.48. The van der Waals surface area contributed by atoms with Crippen molar-refractivity contribution in [3.63, 3.8) is 0 Å². The number of hydrogen-bond acceptors (Lipinski definition) is 2. The largest absolute Gasteiger partial charge is 0.395 e. The van der Waals surface area contributed by atoms with Crippen molar-refractivity contribution in [3.8, 4) is 11.8 Å². The minimum absolute atomic E-state index is 0.104. The summed E-state index contributed by atoms with van der Waals surface area (Å²) in [5.74, 6) is 5.42. The molecule has 0 heterocycles. The maximum atomic E-state index is 12.8. The number of nitrogen functional groups attached to an aromatic ring is 1. The van der Waals surface area contributed by atoms with Gasteiger partial charge in [-0.1, -0.05) is 17.9 Å². The van der Waals surface area contributed by atoms with Gasteiger partial charge in [0.1, 0.15) is 5.82 Å². The van der Waals surface area contributed by atoms with Crippen LogP contribution in [0.4, 0.5) is 10.1 Å². The van der Waals surface area contributed by atoms with Gasteiger partial charge in [0.25, 0.3) is 0 Å². The fourth-order valence-corrected chi connectivity index (χ4v) is 0.860. The lowest BCUT2D eigenvalue weighted by Crippen LogP contribution is -1.93. The molecule has 3 heteroatoms. The van der Waals surface area contributed by atoms with E-state index in [1.54, 1.807) is 12.1 Å². The zero-order valence-electron chi connectivity index (χ0n) is 6.34. The van der Waals surface area contributed by atoms with Crippen molar-refractivity contribution in [2.75, 3.05) is 11.5 Å². The zero-order valence-corrected chi connectivity index (χ0v) is 7.24. The molecule has 0 aliphatic rings. The molecule has 1 aromatic carbocycles. The lowest BCUT2D eigenvalue weighted by Gasteiger charge is -1.97. The van der Waals surface area contributed by atoms with Gasteiger partial charge in [-0.2, -0.15) is 12.6 Å². The van der Waals surface area contributed by atoms with Crippen LogP contribution in [0.15, 0.2) is 18.2 Å². The first-order valence-electron chi connectivity index (χ1n) is 3.39. The third kappa shape index (κ3) is 1.93. The van der Waals surface area contributed by atoms with Gasteiger partial charge in [-0.05, 0) is 12.1 Å². The van der Waals surface area contributed by atoms with Gasteiger partial charge in [0.2, 0.25) is 0 Å². The average Bonchev–Trinajstić information content (AvgIpc) is 2.08. The van der Waals surface area contributed by atoms with E-state index in [9.17, 15) is 4.39 Å². The highest BCUT2D eigenvalue weighted by molar-refractivity contribution is 7.80. The minimum atomic E-state index is -0.430. The molecule has 12 heavy (non-hydrogen) atoms. The summed E-state index contributed by atoms with van der Waals surface area (Å²) in [6.07, 6.45) is 0. The van der Waals surface area contributed by atoms with Crippen molar-refractivity contribution in [3.05, 3.63) is 29.6 Å². The van der Waals surface area contributed by atoms with E-state index in [-0.39, 0.29) is 5.69 Å². The van der Waals surface area contributed by atoms with Crippen molar-refractivity contribution in [2.24, 2.45) is 0 Å². The highest BCUT2D eigenvalue weighted by Crippen LogP contribution is 2.13. The molecule has 0 aliphatic carbocycles. The third-order valence-electron chi connectivity index (χ3n) is 1.36. The molecule has 0 spiro atoms. The maximum Gasteiger partial charge on any atom is 0.147 e. The molecule has 0 bridgehead atoms. The monoisotopic (exact) mass is 181 g/mol. The van der Waals surface area contributed by atoms with Crippen LogP contribution in [0.5, 0.6) is 0 Å². The Morgan fingerprint density at radius 1 is 1.50 bits per heavy atom. The SMILES string of the molecule is Nc1c(F)cccc1C#CCS. The maximum absolute atomic E-state index is 12.8. The molecule has 0 aliphatic heterocycles. The number of benzene rings is 1. The Hall–Kier alpha value is -1.14. The van der Waals surface area contributed by atoms with Crippen LogP contribution in [0.1, 0.15) is 5.56 Å². The van der Waals surface area contributed by atoms with Crippen LogP contribution in [0.2, 0.25) is 0 Å². The molecule has 0 saturated carbocycles. The number of thiol groups is 1. The summed E-state index contributed by atoms with van der Waals surface area (Å²) in [6, 6.07) is 4.56. The normalized spacial score (nSPS) is 8.83. The minimum Gasteiger partial charge on any atom is -0.395 e. The Balaban J connectivity index is 3.08. The Bertz CT molecular complexity index is 338. The van der Waals surface area contributed by atoms with Gasteiger partial charge in [0.15, 0.2) is 0 Å². The third-order valence-corrected chi connectivity index (χ3v) is 1.51. The van der Waals surface area contributed by atoms with Crippen LogP contribution < -0.4 is 5.73 Å². The molecule has 1 aromatic rings. The van der Waals surface area contributed by atoms with E-state index in [0.717, 1.165) is 0 Å². The summed E-state index contributed by atoms with van der Waals surface area (Å²) >= 11 is 3.90. The Labute approximate surface area is 76.2 Å². The van der Waals surface area contributed by atoms with E-state index < -0.39 is 5.82 Å². The summed E-state index contributed by atoms with van der Waals surface area (Å²) in [7, 11) is 0. The van der Waals surface area contributed by atoms with Gasteiger partial charge in [-0.3, -0.25) is 0 Å². The summed E-state index contributed by atoms with van der Waals surface area (Å²) in [5, 5.41) is 0. The molecule has 0 saturated heterocycles. The quantitative estimate of drug-likeness (QED) is 0.355. The first kappa shape index (κ1) is 8.95. The van der Waals surface area contributed by atoms with Crippen LogP contribution in [-0.2, 0) is 0 Å². The number of anilines is 1. The summed E-state index contributed by atoms with van der Waals surface area (Å²) < 4.78 is 12.8. The predicted octanol–water partition coefficient (Wildman–Crippen LogP) is 1.69. The van der Waals surface area contributed by atoms with Crippen LogP contribution in [0.25, 0.3) is 0 Å². The first-order valence-corrected chi connectivity index (χ1v) is 4.02. The summed E-state index contributed by atoms with van der Waals surface area (Å²) in [4.78, 5) is 0. The Morgan fingerprint density at radius 3 is 2.92 bits per heavy atom. The fraction of sp³-hybridized carbons (Fsp3) is 0.111. The molecule has 2 N–H and O–H groups in total. The number of nitrogens with two attached hydrogens (primary N) is 1. The molecular formula is C9H8FNS. The van der Waals surface area contributed by atoms with E-state index in [2.05, 4.69) is 24.5 Å². The van der Waals surface area contributed by atoms with Crippen molar-refractivity contribution in [2.45, 2.75) is 0 Å². The summed E-state index contributed by atoms with van der Waals surface area (Å²) in [6.45, 7) is 0. The van der Waals surface area contributed by atoms with E-state index >= 15 is 0 Å². The van der Waals surface area contributed by atoms with Crippen molar-refractivity contribution in [1.82, 2.24) is 0 Å². The zero-order chi connectivity index (χ0) is 8.97. The second-order valence-electron chi connectivity index (χ2n) is 2.16. The Morgan fingerprint density at radius 2 is 2.25 bits per heavy atom. The number of halogens is 1. The average molecular weight is 181 g/mol. The van der Waals surface area contributed by atoms with Crippen LogP contribution in [0, 0.1) is 17.7 Å². The van der Waals surface area contributed by atoms with Crippen molar-refractivity contribution >= 4 is 18.3 Å². The standard InChI is InChI=1S/C9H8FNS/c10-8-5-1-3-7(9(8)11)4-2-6-12/h1,3,5,12H,6,11H2. The molecule has 0 amide bonds. The Kier molecular flexibility index (Phi) is 3.01. The van der Waals surface area contributed by atoms with E-state index in [0.29, 0.717) is 11.3 Å². The molecular weight excluding hydrogens is 173 g/mol. The molecule has 0 radical (unpaired) electrons. The van der Waals surface area contributed by atoms with Crippen molar-refractivity contribution in [1.29, 1.82) is 0 Å². The lowest BCUT2D eigenvalue weighted by atomic mass is 10.2. The topological polar surface area (TPSA) is 26.0 Å². The van der Waals surface area contributed by atoms with Gasteiger partial charge >= 0.3 is 0 Å².